The van der Waals surface area contributed by atoms with Gasteiger partial charge in [-0.2, -0.15) is 0 Å². The molecule has 0 bridgehead atoms. The number of imidazole rings is 1. The van der Waals surface area contributed by atoms with Crippen LogP contribution in [-0.2, 0) is 4.79 Å². The smallest absolute Gasteiger partial charge is 0.233 e. The molecule has 0 unspecified atom stereocenters. The summed E-state index contributed by atoms with van der Waals surface area (Å²) in [5.41, 5.74) is 3.48. The van der Waals surface area contributed by atoms with Crippen molar-refractivity contribution >= 4 is 17.7 Å². The number of aryl methyl sites for hydroxylation is 2. The van der Waals surface area contributed by atoms with Gasteiger partial charge in [-0.1, -0.05) is 23.9 Å². The Morgan fingerprint density at radius 2 is 2.08 bits per heavy atom. The van der Waals surface area contributed by atoms with E-state index in [0.717, 1.165) is 10.8 Å². The second-order valence-electron chi connectivity index (χ2n) is 6.27. The summed E-state index contributed by atoms with van der Waals surface area (Å²) in [5, 5.41) is 10.4. The molecule has 6 heteroatoms. The van der Waals surface area contributed by atoms with Crippen LogP contribution in [0, 0.1) is 13.8 Å². The van der Waals surface area contributed by atoms with Crippen molar-refractivity contribution in [3.05, 3.63) is 41.7 Å². The van der Waals surface area contributed by atoms with Crippen LogP contribution in [-0.4, -0.2) is 50.4 Å². The fourth-order valence-corrected chi connectivity index (χ4v) is 3.76. The summed E-state index contributed by atoms with van der Waals surface area (Å²) in [5.74, 6) is 0.486. The molecule has 1 aromatic carbocycles. The summed E-state index contributed by atoms with van der Waals surface area (Å²) in [7, 11) is 0. The summed E-state index contributed by atoms with van der Waals surface area (Å²) >= 11 is 1.46. The van der Waals surface area contributed by atoms with Crippen LogP contribution in [0.15, 0.2) is 35.7 Å². The van der Waals surface area contributed by atoms with Crippen LogP contribution in [0.5, 0.6) is 0 Å². The average molecular weight is 345 g/mol. The number of carbonyl (C=O) groups is 1. The molecule has 1 fully saturated rings. The Bertz CT molecular complexity index is 721. The Hall–Kier alpha value is -1.79. The molecule has 1 aliphatic heterocycles. The molecule has 1 saturated heterocycles. The van der Waals surface area contributed by atoms with Gasteiger partial charge in [0.25, 0.3) is 0 Å². The third-order valence-corrected chi connectivity index (χ3v) is 5.32. The first kappa shape index (κ1) is 17.0. The van der Waals surface area contributed by atoms with Gasteiger partial charge in [-0.25, -0.2) is 4.98 Å². The summed E-state index contributed by atoms with van der Waals surface area (Å²) in [6.07, 6.45) is 4.79. The van der Waals surface area contributed by atoms with Gasteiger partial charge >= 0.3 is 0 Å². The Labute approximate surface area is 146 Å². The van der Waals surface area contributed by atoms with Crippen LogP contribution in [0.4, 0.5) is 0 Å². The van der Waals surface area contributed by atoms with Gasteiger partial charge in [-0.3, -0.25) is 9.36 Å². The predicted molar refractivity (Wildman–Crippen MR) is 95.6 cm³/mol. The number of likely N-dealkylation sites (tertiary alicyclic amines) is 1. The van der Waals surface area contributed by atoms with Gasteiger partial charge in [0.2, 0.25) is 5.91 Å². The van der Waals surface area contributed by atoms with E-state index in [2.05, 4.69) is 37.0 Å². The Morgan fingerprint density at radius 1 is 1.33 bits per heavy atom. The topological polar surface area (TPSA) is 58.4 Å². The molecule has 0 aliphatic carbocycles. The zero-order valence-electron chi connectivity index (χ0n) is 14.1. The van der Waals surface area contributed by atoms with Crippen molar-refractivity contribution in [1.82, 2.24) is 14.5 Å². The third kappa shape index (κ3) is 3.82. The zero-order chi connectivity index (χ0) is 17.1. The molecule has 3 rings (SSSR count). The van der Waals surface area contributed by atoms with Crippen molar-refractivity contribution in [3.8, 4) is 5.69 Å². The van der Waals surface area contributed by atoms with Crippen molar-refractivity contribution in [3.63, 3.8) is 0 Å². The first-order chi connectivity index (χ1) is 11.5. The molecular formula is C18H23N3O2S. The summed E-state index contributed by atoms with van der Waals surface area (Å²) in [4.78, 5) is 18.6. The molecular weight excluding hydrogens is 322 g/mol. The molecule has 0 spiro atoms. The molecule has 1 aromatic heterocycles. The number of aliphatic hydroxyl groups excluding tert-OH is 1. The van der Waals surface area contributed by atoms with Gasteiger partial charge in [-0.15, -0.1) is 0 Å². The molecule has 24 heavy (non-hydrogen) atoms. The van der Waals surface area contributed by atoms with Gasteiger partial charge in [0, 0.05) is 25.5 Å². The number of rotatable bonds is 4. The Balaban J connectivity index is 1.68. The molecule has 1 amide bonds. The van der Waals surface area contributed by atoms with Crippen LogP contribution in [0.25, 0.3) is 5.69 Å². The van der Waals surface area contributed by atoms with E-state index in [0.29, 0.717) is 31.7 Å². The molecule has 2 aromatic rings. The molecule has 2 heterocycles. The number of nitrogens with zero attached hydrogens (tertiary/aromatic N) is 3. The number of hydrogen-bond acceptors (Lipinski definition) is 4. The fourth-order valence-electron chi connectivity index (χ4n) is 2.89. The van der Waals surface area contributed by atoms with E-state index < -0.39 is 0 Å². The molecule has 128 valence electrons. The lowest BCUT2D eigenvalue weighted by molar-refractivity contribution is -0.130. The monoisotopic (exact) mass is 345 g/mol. The highest BCUT2D eigenvalue weighted by molar-refractivity contribution is 7.99. The summed E-state index contributed by atoms with van der Waals surface area (Å²) in [6.45, 7) is 5.44. The predicted octanol–water partition coefficient (Wildman–Crippen LogP) is 2.56. The van der Waals surface area contributed by atoms with E-state index in [-0.39, 0.29) is 12.0 Å². The maximum atomic E-state index is 12.4. The van der Waals surface area contributed by atoms with Gasteiger partial charge in [0.15, 0.2) is 5.16 Å². The van der Waals surface area contributed by atoms with Crippen LogP contribution < -0.4 is 0 Å². The average Bonchev–Trinajstić information content (AvgIpc) is 3.04. The van der Waals surface area contributed by atoms with Gasteiger partial charge in [0.1, 0.15) is 0 Å². The first-order valence-electron chi connectivity index (χ1n) is 8.24. The Morgan fingerprint density at radius 3 is 2.83 bits per heavy atom. The number of thioether (sulfide) groups is 1. The van der Waals surface area contributed by atoms with Crippen LogP contribution in [0.1, 0.15) is 24.0 Å². The summed E-state index contributed by atoms with van der Waals surface area (Å²) in [6, 6.07) is 6.33. The number of benzene rings is 1. The molecule has 0 atom stereocenters. The fraction of sp³-hybridized carbons (Fsp3) is 0.444. The van der Waals surface area contributed by atoms with Crippen LogP contribution >= 0.6 is 11.8 Å². The minimum atomic E-state index is -0.259. The van der Waals surface area contributed by atoms with E-state index in [1.165, 1.54) is 22.9 Å². The second kappa shape index (κ2) is 7.40. The SMILES string of the molecule is Cc1ccc(C)c(-n2ccnc2SCC(=O)N2CCC(O)CC2)c1. The maximum absolute atomic E-state index is 12.4. The van der Waals surface area contributed by atoms with Gasteiger partial charge in [0.05, 0.1) is 17.5 Å². The highest BCUT2D eigenvalue weighted by atomic mass is 32.2. The van der Waals surface area contributed by atoms with Crippen molar-refractivity contribution in [2.45, 2.75) is 37.9 Å². The number of aromatic nitrogens is 2. The zero-order valence-corrected chi connectivity index (χ0v) is 14.9. The van der Waals surface area contributed by atoms with Crippen molar-refractivity contribution in [2.24, 2.45) is 0 Å². The lowest BCUT2D eigenvalue weighted by Gasteiger charge is -2.29. The lowest BCUT2D eigenvalue weighted by atomic mass is 10.1. The third-order valence-electron chi connectivity index (χ3n) is 4.37. The van der Waals surface area contributed by atoms with Gasteiger partial charge in [-0.05, 0) is 43.9 Å². The van der Waals surface area contributed by atoms with Gasteiger partial charge < -0.3 is 10.0 Å². The van der Waals surface area contributed by atoms with E-state index in [9.17, 15) is 9.90 Å². The molecule has 1 aliphatic rings. The molecule has 0 saturated carbocycles. The lowest BCUT2D eigenvalue weighted by Crippen LogP contribution is -2.40. The highest BCUT2D eigenvalue weighted by Crippen LogP contribution is 2.24. The second-order valence-corrected chi connectivity index (χ2v) is 7.21. The standard InChI is InChI=1S/C18H23N3O2S/c1-13-3-4-14(2)16(11-13)21-10-7-19-18(21)24-12-17(23)20-8-5-15(22)6-9-20/h3-4,7,10-11,15,22H,5-6,8-9,12H2,1-2H3. The maximum Gasteiger partial charge on any atom is 0.233 e. The Kier molecular flexibility index (Phi) is 5.26. The van der Waals surface area contributed by atoms with Crippen molar-refractivity contribution < 1.29 is 9.90 Å². The number of piperidine rings is 1. The van der Waals surface area contributed by atoms with E-state index in [4.69, 9.17) is 0 Å². The number of amides is 1. The number of carbonyl (C=O) groups excluding carboxylic acids is 1. The molecule has 1 N–H and O–H groups in total. The largest absolute Gasteiger partial charge is 0.393 e. The molecule has 5 nitrogen and oxygen atoms in total. The van der Waals surface area contributed by atoms with Crippen LogP contribution in [0.2, 0.25) is 0 Å². The van der Waals surface area contributed by atoms with E-state index >= 15 is 0 Å². The minimum Gasteiger partial charge on any atom is -0.393 e. The first-order valence-corrected chi connectivity index (χ1v) is 9.23. The van der Waals surface area contributed by atoms with Crippen molar-refractivity contribution in [1.29, 1.82) is 0 Å². The molecule has 0 radical (unpaired) electrons. The van der Waals surface area contributed by atoms with Crippen molar-refractivity contribution in [2.75, 3.05) is 18.8 Å². The van der Waals surface area contributed by atoms with E-state index in [1.54, 1.807) is 6.20 Å². The van der Waals surface area contributed by atoms with Crippen LogP contribution in [0.3, 0.4) is 0 Å². The normalized spacial score (nSPS) is 15.7. The minimum absolute atomic E-state index is 0.113. The highest BCUT2D eigenvalue weighted by Gasteiger charge is 2.21. The summed E-state index contributed by atoms with van der Waals surface area (Å²) < 4.78 is 2.04. The number of hydrogen-bond donors (Lipinski definition) is 1. The quantitative estimate of drug-likeness (QED) is 0.865. The van der Waals surface area contributed by atoms with E-state index in [1.807, 2.05) is 15.7 Å². The number of aliphatic hydroxyl groups is 1.